The van der Waals surface area contributed by atoms with Crippen LogP contribution in [0.5, 0.6) is 0 Å². The number of aromatic carboxylic acids is 1. The fourth-order valence-electron chi connectivity index (χ4n) is 2.15. The van der Waals surface area contributed by atoms with Gasteiger partial charge in [-0.05, 0) is 37.5 Å². The highest BCUT2D eigenvalue weighted by molar-refractivity contribution is 6.33. The zero-order chi connectivity index (χ0) is 14.5. The first-order chi connectivity index (χ1) is 9.56. The van der Waals surface area contributed by atoms with Crippen LogP contribution in [0.1, 0.15) is 36.0 Å². The van der Waals surface area contributed by atoms with Crippen LogP contribution in [0.4, 0.5) is 5.69 Å². The summed E-state index contributed by atoms with van der Waals surface area (Å²) in [6.07, 6.45) is 3.23. The van der Waals surface area contributed by atoms with Gasteiger partial charge in [0.25, 0.3) is 0 Å². The minimum absolute atomic E-state index is 0.0293. The number of carbonyl (C=O) groups is 2. The van der Waals surface area contributed by atoms with E-state index in [9.17, 15) is 9.59 Å². The molecule has 1 heterocycles. The Kier molecular flexibility index (Phi) is 4.98. The third-order valence-electron chi connectivity index (χ3n) is 3.17. The molecule has 0 aliphatic carbocycles. The molecule has 0 aromatic heterocycles. The van der Waals surface area contributed by atoms with Crippen LogP contribution in [0.3, 0.4) is 0 Å². The number of carboxylic acids is 1. The average molecular weight is 298 g/mol. The van der Waals surface area contributed by atoms with Crippen LogP contribution in [0.2, 0.25) is 5.02 Å². The third-order valence-corrected chi connectivity index (χ3v) is 3.50. The van der Waals surface area contributed by atoms with Gasteiger partial charge in [-0.15, -0.1) is 0 Å². The van der Waals surface area contributed by atoms with Gasteiger partial charge in [-0.2, -0.15) is 0 Å². The molecule has 1 saturated heterocycles. The second-order valence-electron chi connectivity index (χ2n) is 4.74. The summed E-state index contributed by atoms with van der Waals surface area (Å²) in [4.78, 5) is 22.8. The van der Waals surface area contributed by atoms with E-state index in [-0.39, 0.29) is 29.0 Å². The maximum absolute atomic E-state index is 11.9. The second-order valence-corrected chi connectivity index (χ2v) is 5.15. The van der Waals surface area contributed by atoms with Crippen LogP contribution < -0.4 is 5.32 Å². The van der Waals surface area contributed by atoms with Crippen molar-refractivity contribution in [3.05, 3.63) is 28.8 Å². The zero-order valence-electron chi connectivity index (χ0n) is 10.9. The van der Waals surface area contributed by atoms with Gasteiger partial charge < -0.3 is 15.2 Å². The van der Waals surface area contributed by atoms with Crippen molar-refractivity contribution in [3.8, 4) is 0 Å². The molecule has 1 aliphatic rings. The first-order valence-corrected chi connectivity index (χ1v) is 6.88. The molecule has 1 amide bonds. The van der Waals surface area contributed by atoms with Gasteiger partial charge in [-0.25, -0.2) is 4.79 Å². The van der Waals surface area contributed by atoms with Crippen LogP contribution in [0, 0.1) is 0 Å². The molecule has 108 valence electrons. The van der Waals surface area contributed by atoms with E-state index < -0.39 is 5.97 Å². The van der Waals surface area contributed by atoms with Gasteiger partial charge in [0.05, 0.1) is 23.1 Å². The lowest BCUT2D eigenvalue weighted by molar-refractivity contribution is -0.119. The Morgan fingerprint density at radius 3 is 2.85 bits per heavy atom. The van der Waals surface area contributed by atoms with Gasteiger partial charge in [0.1, 0.15) is 0 Å². The summed E-state index contributed by atoms with van der Waals surface area (Å²) in [7, 11) is 0. The lowest BCUT2D eigenvalue weighted by Crippen LogP contribution is -2.25. The maximum Gasteiger partial charge on any atom is 0.337 e. The number of amides is 1. The predicted molar refractivity (Wildman–Crippen MR) is 75.2 cm³/mol. The number of nitrogens with one attached hydrogen (secondary N) is 1. The van der Waals surface area contributed by atoms with E-state index in [1.807, 2.05) is 0 Å². The average Bonchev–Trinajstić information content (AvgIpc) is 2.41. The van der Waals surface area contributed by atoms with Crippen molar-refractivity contribution in [3.63, 3.8) is 0 Å². The number of carbonyl (C=O) groups excluding carboxylic acids is 1. The normalized spacial score (nSPS) is 18.6. The van der Waals surface area contributed by atoms with Crippen molar-refractivity contribution in [1.82, 2.24) is 0 Å². The monoisotopic (exact) mass is 297 g/mol. The lowest BCUT2D eigenvalue weighted by atomic mass is 10.1. The Morgan fingerprint density at radius 2 is 2.20 bits per heavy atom. The highest BCUT2D eigenvalue weighted by Gasteiger charge is 2.18. The molecule has 1 aliphatic heterocycles. The Labute approximate surface area is 121 Å². The molecule has 0 bridgehead atoms. The van der Waals surface area contributed by atoms with Gasteiger partial charge in [-0.1, -0.05) is 11.6 Å². The molecule has 0 radical (unpaired) electrons. The van der Waals surface area contributed by atoms with Gasteiger partial charge in [0, 0.05) is 12.3 Å². The number of hydrogen-bond acceptors (Lipinski definition) is 3. The minimum Gasteiger partial charge on any atom is -0.478 e. The summed E-state index contributed by atoms with van der Waals surface area (Å²) in [5, 5.41) is 11.8. The van der Waals surface area contributed by atoms with Crippen molar-refractivity contribution in [2.24, 2.45) is 0 Å². The largest absolute Gasteiger partial charge is 0.478 e. The second kappa shape index (κ2) is 6.72. The van der Waals surface area contributed by atoms with Crippen molar-refractivity contribution >= 4 is 29.2 Å². The zero-order valence-corrected chi connectivity index (χ0v) is 11.7. The number of ether oxygens (including phenoxy) is 1. The van der Waals surface area contributed by atoms with Crippen LogP contribution in [0.15, 0.2) is 18.2 Å². The minimum atomic E-state index is -1.12. The van der Waals surface area contributed by atoms with Gasteiger partial charge in [-0.3, -0.25) is 4.79 Å². The summed E-state index contributed by atoms with van der Waals surface area (Å²) < 4.78 is 5.49. The molecule has 2 rings (SSSR count). The number of rotatable bonds is 4. The number of benzene rings is 1. The molecular weight excluding hydrogens is 282 g/mol. The lowest BCUT2D eigenvalue weighted by Gasteiger charge is -2.21. The summed E-state index contributed by atoms with van der Waals surface area (Å²) in [5.74, 6) is -1.31. The topological polar surface area (TPSA) is 75.6 Å². The Morgan fingerprint density at radius 1 is 1.40 bits per heavy atom. The summed E-state index contributed by atoms with van der Waals surface area (Å²) >= 11 is 5.77. The van der Waals surface area contributed by atoms with E-state index in [4.69, 9.17) is 21.4 Å². The fraction of sp³-hybridized carbons (Fsp3) is 0.429. The number of anilines is 1. The van der Waals surface area contributed by atoms with Crippen LogP contribution in [-0.2, 0) is 9.53 Å². The fourth-order valence-corrected chi connectivity index (χ4v) is 2.35. The van der Waals surface area contributed by atoms with Crippen LogP contribution in [0.25, 0.3) is 0 Å². The van der Waals surface area contributed by atoms with Crippen molar-refractivity contribution in [1.29, 1.82) is 0 Å². The highest BCUT2D eigenvalue weighted by atomic mass is 35.5. The molecule has 0 spiro atoms. The molecule has 5 nitrogen and oxygen atoms in total. The maximum atomic E-state index is 11.9. The number of carboxylic acid groups (broad SMARTS) is 1. The molecule has 2 N–H and O–H groups in total. The first kappa shape index (κ1) is 14.8. The standard InChI is InChI=1S/C14H16ClNO4/c15-12-5-4-9(7-11(12)14(18)19)16-13(17)8-10-3-1-2-6-20-10/h4-5,7,10H,1-3,6,8H2,(H,16,17)(H,18,19). The van der Waals surface area contributed by atoms with Crippen molar-refractivity contribution in [2.75, 3.05) is 11.9 Å². The summed E-state index contributed by atoms with van der Waals surface area (Å²) in [6, 6.07) is 4.39. The van der Waals surface area contributed by atoms with Gasteiger partial charge in [0.15, 0.2) is 0 Å². The van der Waals surface area contributed by atoms with E-state index in [0.29, 0.717) is 12.3 Å². The Bertz CT molecular complexity index is 512. The van der Waals surface area contributed by atoms with E-state index >= 15 is 0 Å². The van der Waals surface area contributed by atoms with E-state index in [1.165, 1.54) is 12.1 Å². The smallest absolute Gasteiger partial charge is 0.337 e. The quantitative estimate of drug-likeness (QED) is 0.896. The Balaban J connectivity index is 1.96. The van der Waals surface area contributed by atoms with E-state index in [1.54, 1.807) is 6.07 Å². The molecular formula is C14H16ClNO4. The summed E-state index contributed by atoms with van der Waals surface area (Å²) in [5.41, 5.74) is 0.394. The molecule has 1 atom stereocenters. The first-order valence-electron chi connectivity index (χ1n) is 6.50. The van der Waals surface area contributed by atoms with Crippen LogP contribution in [-0.4, -0.2) is 29.7 Å². The van der Waals surface area contributed by atoms with E-state index in [0.717, 1.165) is 19.3 Å². The van der Waals surface area contributed by atoms with E-state index in [2.05, 4.69) is 5.32 Å². The van der Waals surface area contributed by atoms with Crippen LogP contribution >= 0.6 is 11.6 Å². The molecule has 20 heavy (non-hydrogen) atoms. The highest BCUT2D eigenvalue weighted by Crippen LogP contribution is 2.21. The number of halogens is 1. The molecule has 1 fully saturated rings. The van der Waals surface area contributed by atoms with Crippen molar-refractivity contribution in [2.45, 2.75) is 31.8 Å². The van der Waals surface area contributed by atoms with Gasteiger partial charge in [0.2, 0.25) is 5.91 Å². The molecule has 1 unspecified atom stereocenters. The molecule has 6 heteroatoms. The Hall–Kier alpha value is -1.59. The van der Waals surface area contributed by atoms with Gasteiger partial charge >= 0.3 is 5.97 Å². The molecule has 0 saturated carbocycles. The number of hydrogen-bond donors (Lipinski definition) is 2. The molecule has 1 aromatic carbocycles. The predicted octanol–water partition coefficient (Wildman–Crippen LogP) is 2.94. The summed E-state index contributed by atoms with van der Waals surface area (Å²) in [6.45, 7) is 0.696. The third kappa shape index (κ3) is 3.95. The SMILES string of the molecule is O=C(CC1CCCCO1)Nc1ccc(Cl)c(C(=O)O)c1. The van der Waals surface area contributed by atoms with Crippen molar-refractivity contribution < 1.29 is 19.4 Å². The molecule has 1 aromatic rings.